The highest BCUT2D eigenvalue weighted by Gasteiger charge is 2.26. The lowest BCUT2D eigenvalue weighted by molar-refractivity contribution is 0.0730. The van der Waals surface area contributed by atoms with Gasteiger partial charge in [0.1, 0.15) is 0 Å². The van der Waals surface area contributed by atoms with Gasteiger partial charge in [-0.1, -0.05) is 6.07 Å². The minimum Gasteiger partial charge on any atom is -0.504 e. The van der Waals surface area contributed by atoms with Crippen molar-refractivity contribution in [1.29, 1.82) is 0 Å². The molecule has 0 bridgehead atoms. The summed E-state index contributed by atoms with van der Waals surface area (Å²) in [5.74, 6) is -1.56. The van der Waals surface area contributed by atoms with Crippen LogP contribution in [0.25, 0.3) is 10.6 Å². The average Bonchev–Trinajstić information content (AvgIpc) is 3.58. The third kappa shape index (κ3) is 5.17. The van der Waals surface area contributed by atoms with Gasteiger partial charge in [0.25, 0.3) is 0 Å². The number of thiophene rings is 1. The largest absolute Gasteiger partial charge is 0.504 e. The quantitative estimate of drug-likeness (QED) is 0.245. The van der Waals surface area contributed by atoms with Crippen LogP contribution >= 0.6 is 22.7 Å². The Balaban J connectivity index is 1.51. The second-order valence-corrected chi connectivity index (χ2v) is 11.7. The molecular formula is C24H22N4O6S3. The van der Waals surface area contributed by atoms with Crippen LogP contribution in [0.3, 0.4) is 0 Å². The third-order valence-corrected chi connectivity index (χ3v) is 9.22. The van der Waals surface area contributed by atoms with Crippen LogP contribution in [0.2, 0.25) is 0 Å². The molecule has 1 aliphatic rings. The van der Waals surface area contributed by atoms with E-state index < -0.39 is 27.3 Å². The highest BCUT2D eigenvalue weighted by Crippen LogP contribution is 2.36. The Kier molecular flexibility index (Phi) is 7.13. The molecule has 0 saturated carbocycles. The Morgan fingerprint density at radius 3 is 2.41 bits per heavy atom. The van der Waals surface area contributed by atoms with Crippen molar-refractivity contribution in [2.24, 2.45) is 10.1 Å². The van der Waals surface area contributed by atoms with Crippen molar-refractivity contribution in [1.82, 2.24) is 8.98 Å². The monoisotopic (exact) mass is 558 g/mol. The first kappa shape index (κ1) is 25.2. The fraction of sp³-hybridized carbons (Fsp3) is 0.167. The summed E-state index contributed by atoms with van der Waals surface area (Å²) in [4.78, 5) is 6.30. The van der Waals surface area contributed by atoms with E-state index in [1.165, 1.54) is 57.5 Å². The van der Waals surface area contributed by atoms with E-state index in [-0.39, 0.29) is 10.5 Å². The van der Waals surface area contributed by atoms with Crippen LogP contribution in [0, 0.1) is 0 Å². The molecule has 2 aromatic carbocycles. The van der Waals surface area contributed by atoms with Gasteiger partial charge >= 0.3 is 0 Å². The standard InChI is InChI=1S/C24H22N4O6S3/c29-20-8-3-16(22(30)23(20)31)14-25-28-19(21-2-1-13-35-21)15-36-24(28)26-17-4-6-18(7-5-17)37(32,33)27-9-11-34-12-10-27/h1-8,13-15,29-31H,9-12H2. The van der Waals surface area contributed by atoms with E-state index in [4.69, 9.17) is 4.74 Å². The molecule has 2 aromatic heterocycles. The molecule has 0 spiro atoms. The van der Waals surface area contributed by atoms with Crippen molar-refractivity contribution in [3.63, 3.8) is 0 Å². The predicted octanol–water partition coefficient (Wildman–Crippen LogP) is 3.53. The molecule has 0 radical (unpaired) electrons. The van der Waals surface area contributed by atoms with Gasteiger partial charge in [-0.15, -0.1) is 22.7 Å². The van der Waals surface area contributed by atoms with Crippen molar-refractivity contribution in [3.05, 3.63) is 69.7 Å². The molecule has 5 rings (SSSR count). The summed E-state index contributed by atoms with van der Waals surface area (Å²) in [5, 5.41) is 37.9. The zero-order valence-corrected chi connectivity index (χ0v) is 21.7. The Labute approximate surface area is 220 Å². The van der Waals surface area contributed by atoms with Crippen molar-refractivity contribution in [2.75, 3.05) is 26.3 Å². The fourth-order valence-electron chi connectivity index (χ4n) is 3.63. The first-order valence-electron chi connectivity index (χ1n) is 11.1. The molecule has 13 heteroatoms. The summed E-state index contributed by atoms with van der Waals surface area (Å²) >= 11 is 2.87. The number of aromatic hydroxyl groups is 3. The number of hydrogen-bond acceptors (Lipinski definition) is 10. The number of benzene rings is 2. The average molecular weight is 559 g/mol. The Bertz CT molecular complexity index is 1600. The normalized spacial score (nSPS) is 15.5. The molecule has 4 aromatic rings. The Morgan fingerprint density at radius 2 is 1.70 bits per heavy atom. The number of phenolic OH excluding ortho intramolecular Hbond substituents is 3. The van der Waals surface area contributed by atoms with Crippen molar-refractivity contribution in [2.45, 2.75) is 4.90 Å². The molecular weight excluding hydrogens is 536 g/mol. The van der Waals surface area contributed by atoms with E-state index in [1.54, 1.807) is 16.8 Å². The number of phenols is 3. The maximum atomic E-state index is 12.9. The lowest BCUT2D eigenvalue weighted by atomic mass is 10.2. The van der Waals surface area contributed by atoms with Crippen LogP contribution in [0.15, 0.2) is 74.3 Å². The Morgan fingerprint density at radius 1 is 0.946 bits per heavy atom. The summed E-state index contributed by atoms with van der Waals surface area (Å²) in [5.41, 5.74) is 1.51. The molecule has 1 saturated heterocycles. The lowest BCUT2D eigenvalue weighted by Gasteiger charge is -2.26. The van der Waals surface area contributed by atoms with Gasteiger partial charge in [0.05, 0.1) is 40.6 Å². The molecule has 1 aliphatic heterocycles. The molecule has 0 aliphatic carbocycles. The predicted molar refractivity (Wildman–Crippen MR) is 141 cm³/mol. The summed E-state index contributed by atoms with van der Waals surface area (Å²) in [6.07, 6.45) is 1.36. The molecule has 37 heavy (non-hydrogen) atoms. The van der Waals surface area contributed by atoms with Gasteiger partial charge in [0.2, 0.25) is 20.6 Å². The second-order valence-electron chi connectivity index (χ2n) is 7.93. The number of nitrogens with zero attached hydrogens (tertiary/aromatic N) is 4. The number of morpholine rings is 1. The van der Waals surface area contributed by atoms with Crippen molar-refractivity contribution < 1.29 is 28.5 Å². The number of aromatic nitrogens is 1. The van der Waals surface area contributed by atoms with Crippen molar-refractivity contribution in [3.8, 4) is 27.8 Å². The number of thiazole rings is 1. The van der Waals surface area contributed by atoms with Gasteiger partial charge in [0.15, 0.2) is 11.5 Å². The van der Waals surface area contributed by atoms with E-state index in [0.29, 0.717) is 36.8 Å². The van der Waals surface area contributed by atoms with E-state index >= 15 is 0 Å². The zero-order valence-electron chi connectivity index (χ0n) is 19.3. The van der Waals surface area contributed by atoms with Crippen molar-refractivity contribution >= 4 is 44.6 Å². The Hall–Kier alpha value is -3.49. The number of sulfonamides is 1. The summed E-state index contributed by atoms with van der Waals surface area (Å²) < 4.78 is 34.1. The van der Waals surface area contributed by atoms with Crippen LogP contribution in [0.1, 0.15) is 5.56 Å². The SMILES string of the molecule is O=S(=O)(c1ccc(N=c2scc(-c3cccs3)n2N=Cc2ccc(O)c(O)c2O)cc1)N1CCOCC1. The van der Waals surface area contributed by atoms with Gasteiger partial charge in [-0.2, -0.15) is 9.41 Å². The molecule has 192 valence electrons. The van der Waals surface area contributed by atoms with E-state index in [0.717, 1.165) is 10.6 Å². The minimum absolute atomic E-state index is 0.187. The van der Waals surface area contributed by atoms with Crippen LogP contribution in [-0.4, -0.2) is 65.2 Å². The summed E-state index contributed by atoms with van der Waals surface area (Å²) in [7, 11) is -3.61. The van der Waals surface area contributed by atoms with Crippen LogP contribution < -0.4 is 4.80 Å². The first-order chi connectivity index (χ1) is 17.8. The second kappa shape index (κ2) is 10.5. The van der Waals surface area contributed by atoms with Gasteiger partial charge in [0, 0.05) is 24.0 Å². The zero-order chi connectivity index (χ0) is 26.0. The number of hydrogen-bond donors (Lipinski definition) is 3. The van der Waals surface area contributed by atoms with E-state index in [9.17, 15) is 23.7 Å². The van der Waals surface area contributed by atoms with Crippen LogP contribution in [0.4, 0.5) is 5.69 Å². The smallest absolute Gasteiger partial charge is 0.243 e. The molecule has 1 fully saturated rings. The van der Waals surface area contributed by atoms with E-state index in [1.807, 2.05) is 22.9 Å². The molecule has 0 amide bonds. The minimum atomic E-state index is -3.61. The molecule has 0 atom stereocenters. The van der Waals surface area contributed by atoms with Gasteiger partial charge < -0.3 is 20.1 Å². The van der Waals surface area contributed by atoms with Gasteiger partial charge in [-0.25, -0.2) is 18.1 Å². The topological polar surface area (TPSA) is 137 Å². The number of ether oxygens (including phenoxy) is 1. The lowest BCUT2D eigenvalue weighted by Crippen LogP contribution is -2.40. The highest BCUT2D eigenvalue weighted by molar-refractivity contribution is 7.89. The van der Waals surface area contributed by atoms with Gasteiger partial charge in [-0.3, -0.25) is 0 Å². The fourth-order valence-corrected chi connectivity index (χ4v) is 6.69. The molecule has 3 heterocycles. The maximum Gasteiger partial charge on any atom is 0.243 e. The highest BCUT2D eigenvalue weighted by atomic mass is 32.2. The molecule has 3 N–H and O–H groups in total. The van der Waals surface area contributed by atoms with Crippen LogP contribution in [0.5, 0.6) is 17.2 Å². The first-order valence-corrected chi connectivity index (χ1v) is 14.3. The molecule has 10 nitrogen and oxygen atoms in total. The third-order valence-electron chi connectivity index (χ3n) is 5.60. The summed E-state index contributed by atoms with van der Waals surface area (Å²) in [6, 6.07) is 12.9. The molecule has 0 unspecified atom stereocenters. The summed E-state index contributed by atoms with van der Waals surface area (Å²) in [6.45, 7) is 1.39. The maximum absolute atomic E-state index is 12.9. The van der Waals surface area contributed by atoms with Crippen LogP contribution in [-0.2, 0) is 14.8 Å². The van der Waals surface area contributed by atoms with E-state index in [2.05, 4.69) is 10.1 Å². The van der Waals surface area contributed by atoms with Gasteiger partial charge in [-0.05, 0) is 47.8 Å². The number of rotatable bonds is 6.